The number of aromatic amines is 1. The van der Waals surface area contributed by atoms with Crippen LogP contribution < -0.4 is 0 Å². The minimum Gasteiger partial charge on any atom is -0.357 e. The van der Waals surface area contributed by atoms with Crippen molar-refractivity contribution >= 4 is 45.7 Å². The third-order valence-corrected chi connectivity index (χ3v) is 6.70. The molecule has 156 valence electrons. The van der Waals surface area contributed by atoms with Crippen LogP contribution in [0.3, 0.4) is 0 Å². The fourth-order valence-corrected chi connectivity index (χ4v) is 4.85. The summed E-state index contributed by atoms with van der Waals surface area (Å²) in [5.74, 6) is -0.925. The molecule has 3 aromatic heterocycles. The molecule has 1 aliphatic rings. The Hall–Kier alpha value is -3.16. The van der Waals surface area contributed by atoms with Gasteiger partial charge < -0.3 is 14.8 Å². The summed E-state index contributed by atoms with van der Waals surface area (Å²) in [4.78, 5) is 37.1. The van der Waals surface area contributed by atoms with Crippen LogP contribution in [0.15, 0.2) is 60.9 Å². The fourth-order valence-electron chi connectivity index (χ4n) is 3.80. The molecular weight excluding hydrogens is 432 g/mol. The lowest BCUT2D eigenvalue weighted by Gasteiger charge is -2.33. The molecule has 0 spiro atoms. The normalized spacial score (nSPS) is 14.6. The predicted molar refractivity (Wildman–Crippen MR) is 122 cm³/mol. The standard InChI is InChI=1S/C23H19ClN4O2S/c24-21-6-5-20(31-21)16-3-1-15(2-4-16)13-27-9-10-28(23(30)22(27)29)14-18-11-17-12-25-8-7-19(17)26-18/h1-8,11-12,26H,9-10,13-14H2. The van der Waals surface area contributed by atoms with Crippen molar-refractivity contribution in [2.75, 3.05) is 13.1 Å². The quantitative estimate of drug-likeness (QED) is 0.460. The molecular formula is C23H19ClN4O2S. The van der Waals surface area contributed by atoms with Crippen molar-refractivity contribution in [1.82, 2.24) is 19.8 Å². The molecule has 0 aliphatic carbocycles. The van der Waals surface area contributed by atoms with Crippen LogP contribution in [-0.4, -0.2) is 44.7 Å². The van der Waals surface area contributed by atoms with Gasteiger partial charge in [0.25, 0.3) is 0 Å². The van der Waals surface area contributed by atoms with E-state index in [0.717, 1.165) is 36.9 Å². The van der Waals surface area contributed by atoms with Crippen LogP contribution in [0, 0.1) is 0 Å². The molecule has 1 saturated heterocycles. The molecule has 2 amide bonds. The number of hydrogen-bond donors (Lipinski definition) is 1. The average Bonchev–Trinajstić information content (AvgIpc) is 3.39. The van der Waals surface area contributed by atoms with Crippen molar-refractivity contribution < 1.29 is 9.59 Å². The number of H-pyrrole nitrogens is 1. The van der Waals surface area contributed by atoms with Gasteiger partial charge in [0.1, 0.15) is 0 Å². The minimum atomic E-state index is -0.465. The largest absolute Gasteiger partial charge is 0.357 e. The molecule has 1 aromatic carbocycles. The maximum Gasteiger partial charge on any atom is 0.312 e. The van der Waals surface area contributed by atoms with Crippen molar-refractivity contribution in [2.24, 2.45) is 0 Å². The highest BCUT2D eigenvalue weighted by molar-refractivity contribution is 7.19. The van der Waals surface area contributed by atoms with E-state index in [4.69, 9.17) is 11.6 Å². The number of nitrogens with zero attached hydrogens (tertiary/aromatic N) is 3. The third-order valence-electron chi connectivity index (χ3n) is 5.42. The monoisotopic (exact) mass is 450 g/mol. The van der Waals surface area contributed by atoms with E-state index in [2.05, 4.69) is 9.97 Å². The second-order valence-corrected chi connectivity index (χ2v) is 9.23. The molecule has 31 heavy (non-hydrogen) atoms. The fraction of sp³-hybridized carbons (Fsp3) is 0.174. The Kier molecular flexibility index (Phi) is 5.21. The van der Waals surface area contributed by atoms with Crippen LogP contribution in [0.1, 0.15) is 11.3 Å². The highest BCUT2D eigenvalue weighted by Gasteiger charge is 2.32. The van der Waals surface area contributed by atoms with Gasteiger partial charge in [-0.3, -0.25) is 14.6 Å². The summed E-state index contributed by atoms with van der Waals surface area (Å²) in [6, 6.07) is 15.8. The van der Waals surface area contributed by atoms with Crippen molar-refractivity contribution in [3.63, 3.8) is 0 Å². The average molecular weight is 451 g/mol. The van der Waals surface area contributed by atoms with Gasteiger partial charge in [-0.1, -0.05) is 35.9 Å². The zero-order valence-electron chi connectivity index (χ0n) is 16.5. The molecule has 5 rings (SSSR count). The molecule has 4 aromatic rings. The molecule has 4 heterocycles. The van der Waals surface area contributed by atoms with E-state index in [1.807, 2.05) is 48.5 Å². The Morgan fingerprint density at radius 2 is 1.71 bits per heavy atom. The van der Waals surface area contributed by atoms with E-state index in [-0.39, 0.29) is 0 Å². The summed E-state index contributed by atoms with van der Waals surface area (Å²) >= 11 is 7.55. The second-order valence-electron chi connectivity index (χ2n) is 7.51. The summed E-state index contributed by atoms with van der Waals surface area (Å²) in [7, 11) is 0. The van der Waals surface area contributed by atoms with E-state index in [0.29, 0.717) is 26.2 Å². The number of rotatable bonds is 5. The first-order chi connectivity index (χ1) is 15.1. The molecule has 1 aliphatic heterocycles. The molecule has 0 atom stereocenters. The van der Waals surface area contributed by atoms with Gasteiger partial charge in [-0.05, 0) is 35.4 Å². The lowest BCUT2D eigenvalue weighted by atomic mass is 10.1. The number of benzene rings is 1. The van der Waals surface area contributed by atoms with Crippen LogP contribution in [0.4, 0.5) is 0 Å². The van der Waals surface area contributed by atoms with Crippen molar-refractivity contribution in [3.8, 4) is 10.4 Å². The van der Waals surface area contributed by atoms with Gasteiger partial charge in [-0.2, -0.15) is 0 Å². The van der Waals surface area contributed by atoms with Gasteiger partial charge in [0.2, 0.25) is 0 Å². The number of pyridine rings is 1. The molecule has 0 radical (unpaired) electrons. The van der Waals surface area contributed by atoms with Gasteiger partial charge in [0, 0.05) is 53.5 Å². The van der Waals surface area contributed by atoms with E-state index in [9.17, 15) is 9.59 Å². The number of piperazine rings is 1. The first-order valence-corrected chi connectivity index (χ1v) is 11.1. The third kappa shape index (κ3) is 4.06. The molecule has 1 fully saturated rings. The van der Waals surface area contributed by atoms with Crippen LogP contribution in [0.5, 0.6) is 0 Å². The lowest BCUT2D eigenvalue weighted by Crippen LogP contribution is -2.53. The molecule has 0 saturated carbocycles. The van der Waals surface area contributed by atoms with Crippen LogP contribution in [0.25, 0.3) is 21.3 Å². The maximum atomic E-state index is 12.7. The summed E-state index contributed by atoms with van der Waals surface area (Å²) in [5.41, 5.74) is 3.93. The van der Waals surface area contributed by atoms with Gasteiger partial charge in [0.15, 0.2) is 0 Å². The Bertz CT molecular complexity index is 1230. The first-order valence-electron chi connectivity index (χ1n) is 9.91. The molecule has 6 nitrogen and oxygen atoms in total. The summed E-state index contributed by atoms with van der Waals surface area (Å²) in [5, 5.41) is 0.989. The molecule has 1 N–H and O–H groups in total. The van der Waals surface area contributed by atoms with Crippen LogP contribution in [-0.2, 0) is 22.7 Å². The zero-order valence-corrected chi connectivity index (χ0v) is 18.1. The van der Waals surface area contributed by atoms with Gasteiger partial charge in [0.05, 0.1) is 10.9 Å². The number of carbonyl (C=O) groups is 2. The number of hydrogen-bond acceptors (Lipinski definition) is 4. The van der Waals surface area contributed by atoms with E-state index < -0.39 is 11.8 Å². The summed E-state index contributed by atoms with van der Waals surface area (Å²) in [6.45, 7) is 1.81. The Morgan fingerprint density at radius 3 is 2.39 bits per heavy atom. The van der Waals surface area contributed by atoms with Gasteiger partial charge in [-0.25, -0.2) is 0 Å². The maximum absolute atomic E-state index is 12.7. The summed E-state index contributed by atoms with van der Waals surface area (Å²) < 4.78 is 0.755. The number of carbonyl (C=O) groups excluding carboxylic acids is 2. The lowest BCUT2D eigenvalue weighted by molar-refractivity contribution is -0.156. The smallest absolute Gasteiger partial charge is 0.312 e. The van der Waals surface area contributed by atoms with E-state index in [1.165, 1.54) is 11.3 Å². The molecule has 8 heteroatoms. The number of aromatic nitrogens is 2. The zero-order chi connectivity index (χ0) is 21.4. The highest BCUT2D eigenvalue weighted by atomic mass is 35.5. The number of fused-ring (bicyclic) bond motifs is 1. The second kappa shape index (κ2) is 8.17. The first kappa shape index (κ1) is 19.8. The van der Waals surface area contributed by atoms with Crippen molar-refractivity contribution in [2.45, 2.75) is 13.1 Å². The van der Waals surface area contributed by atoms with Crippen LogP contribution >= 0.6 is 22.9 Å². The number of nitrogens with one attached hydrogen (secondary N) is 1. The Labute approximate surface area is 188 Å². The van der Waals surface area contributed by atoms with Crippen molar-refractivity contribution in [1.29, 1.82) is 0 Å². The predicted octanol–water partition coefficient (Wildman–Crippen LogP) is 4.32. The molecule has 0 unspecified atom stereocenters. The number of halogens is 1. The highest BCUT2D eigenvalue weighted by Crippen LogP contribution is 2.31. The topological polar surface area (TPSA) is 69.3 Å². The van der Waals surface area contributed by atoms with Gasteiger partial charge in [-0.15, -0.1) is 11.3 Å². The molecule has 0 bridgehead atoms. The number of amides is 2. The van der Waals surface area contributed by atoms with Gasteiger partial charge >= 0.3 is 11.8 Å². The summed E-state index contributed by atoms with van der Waals surface area (Å²) in [6.07, 6.45) is 3.50. The Balaban J connectivity index is 1.23. The van der Waals surface area contributed by atoms with E-state index >= 15 is 0 Å². The van der Waals surface area contributed by atoms with Crippen LogP contribution in [0.2, 0.25) is 4.34 Å². The minimum absolute atomic E-state index is 0.380. The van der Waals surface area contributed by atoms with Crippen molar-refractivity contribution in [3.05, 3.63) is 76.5 Å². The number of thiophene rings is 1. The SMILES string of the molecule is O=C1C(=O)N(Cc2cc3cnccc3[nH]2)CCN1Cc1ccc(-c2ccc(Cl)s2)cc1. The Morgan fingerprint density at radius 1 is 0.968 bits per heavy atom. The van der Waals surface area contributed by atoms with E-state index in [1.54, 1.807) is 22.2 Å².